The third-order valence-corrected chi connectivity index (χ3v) is 3.87. The van der Waals surface area contributed by atoms with Gasteiger partial charge in [-0.25, -0.2) is 0 Å². The lowest BCUT2D eigenvalue weighted by Crippen LogP contribution is -2.34. The Bertz CT molecular complexity index is 347. The summed E-state index contributed by atoms with van der Waals surface area (Å²) in [5.74, 6) is 0. The van der Waals surface area contributed by atoms with Crippen LogP contribution >= 0.6 is 23.4 Å². The van der Waals surface area contributed by atoms with Crippen molar-refractivity contribution in [3.05, 3.63) is 28.8 Å². The first kappa shape index (κ1) is 10.3. The van der Waals surface area contributed by atoms with Gasteiger partial charge in [0.1, 0.15) is 0 Å². The molecule has 0 bridgehead atoms. The van der Waals surface area contributed by atoms with Crippen LogP contribution in [-0.4, -0.2) is 11.4 Å². The van der Waals surface area contributed by atoms with Gasteiger partial charge in [0.05, 0.1) is 5.60 Å². The Hall–Kier alpha value is -0.180. The highest BCUT2D eigenvalue weighted by Gasteiger charge is 2.37. The third-order valence-electron chi connectivity index (χ3n) is 2.84. The zero-order valence-corrected chi connectivity index (χ0v) is 9.66. The van der Waals surface area contributed by atoms with E-state index in [1.54, 1.807) is 11.8 Å². The Morgan fingerprint density at radius 1 is 1.43 bits per heavy atom. The summed E-state index contributed by atoms with van der Waals surface area (Å²) < 4.78 is 0. The predicted octanol–water partition coefficient (Wildman–Crippen LogP) is 3.43. The van der Waals surface area contributed by atoms with E-state index in [1.807, 2.05) is 24.5 Å². The van der Waals surface area contributed by atoms with Gasteiger partial charge in [0.25, 0.3) is 0 Å². The van der Waals surface area contributed by atoms with Gasteiger partial charge in [-0.1, -0.05) is 11.6 Å². The molecule has 0 atom stereocenters. The highest BCUT2D eigenvalue weighted by molar-refractivity contribution is 7.98. The van der Waals surface area contributed by atoms with Crippen LogP contribution < -0.4 is 0 Å². The van der Waals surface area contributed by atoms with Gasteiger partial charge in [0.2, 0.25) is 0 Å². The molecule has 1 aliphatic rings. The van der Waals surface area contributed by atoms with Gasteiger partial charge in [0, 0.05) is 9.92 Å². The van der Waals surface area contributed by atoms with E-state index in [-0.39, 0.29) is 0 Å². The molecule has 0 heterocycles. The fraction of sp³-hybridized carbons (Fsp3) is 0.455. The monoisotopic (exact) mass is 228 g/mol. The van der Waals surface area contributed by atoms with Gasteiger partial charge in [-0.05, 0) is 49.3 Å². The van der Waals surface area contributed by atoms with E-state index in [1.165, 1.54) is 0 Å². The minimum atomic E-state index is -0.608. The molecule has 2 rings (SSSR count). The molecule has 0 aromatic heterocycles. The van der Waals surface area contributed by atoms with Gasteiger partial charge in [-0.3, -0.25) is 0 Å². The normalized spacial score (nSPS) is 19.1. The van der Waals surface area contributed by atoms with E-state index in [4.69, 9.17) is 11.6 Å². The quantitative estimate of drug-likeness (QED) is 0.783. The van der Waals surface area contributed by atoms with Crippen molar-refractivity contribution in [3.63, 3.8) is 0 Å². The average molecular weight is 229 g/mol. The van der Waals surface area contributed by atoms with Crippen molar-refractivity contribution in [2.24, 2.45) is 0 Å². The summed E-state index contributed by atoms with van der Waals surface area (Å²) in [6.07, 6.45) is 4.85. The maximum Gasteiger partial charge on any atom is 0.0907 e. The van der Waals surface area contributed by atoms with Gasteiger partial charge in [0.15, 0.2) is 0 Å². The molecule has 1 saturated carbocycles. The minimum absolute atomic E-state index is 0.608. The van der Waals surface area contributed by atoms with Crippen LogP contribution in [0.1, 0.15) is 24.8 Å². The molecule has 1 fully saturated rings. The van der Waals surface area contributed by atoms with Crippen molar-refractivity contribution < 1.29 is 5.11 Å². The zero-order chi connectivity index (χ0) is 10.2. The van der Waals surface area contributed by atoms with Crippen molar-refractivity contribution in [1.29, 1.82) is 0 Å². The van der Waals surface area contributed by atoms with E-state index in [0.29, 0.717) is 5.02 Å². The number of benzene rings is 1. The van der Waals surface area contributed by atoms with Crippen molar-refractivity contribution in [2.45, 2.75) is 29.8 Å². The second-order valence-corrected chi connectivity index (χ2v) is 5.01. The van der Waals surface area contributed by atoms with E-state index >= 15 is 0 Å². The van der Waals surface area contributed by atoms with Crippen molar-refractivity contribution in [2.75, 3.05) is 6.26 Å². The molecule has 1 aromatic rings. The highest BCUT2D eigenvalue weighted by atomic mass is 35.5. The fourth-order valence-corrected chi connectivity index (χ4v) is 2.67. The first-order valence-electron chi connectivity index (χ1n) is 4.72. The largest absolute Gasteiger partial charge is 0.385 e. The number of hydrogen-bond acceptors (Lipinski definition) is 2. The number of thioether (sulfide) groups is 1. The minimum Gasteiger partial charge on any atom is -0.385 e. The number of rotatable bonds is 2. The molecule has 0 aliphatic heterocycles. The van der Waals surface area contributed by atoms with Crippen LogP contribution in [0.2, 0.25) is 5.02 Å². The van der Waals surface area contributed by atoms with Crippen LogP contribution in [0.3, 0.4) is 0 Å². The summed E-state index contributed by atoms with van der Waals surface area (Å²) in [5, 5.41) is 11.0. The summed E-state index contributed by atoms with van der Waals surface area (Å²) in [5.41, 5.74) is 0.396. The molecule has 0 radical (unpaired) electrons. The predicted molar refractivity (Wildman–Crippen MR) is 61.0 cm³/mol. The first-order valence-corrected chi connectivity index (χ1v) is 6.32. The van der Waals surface area contributed by atoms with E-state index in [0.717, 1.165) is 29.7 Å². The highest BCUT2D eigenvalue weighted by Crippen LogP contribution is 2.45. The lowest BCUT2D eigenvalue weighted by Gasteiger charge is -2.38. The van der Waals surface area contributed by atoms with Crippen LogP contribution in [0.4, 0.5) is 0 Å². The van der Waals surface area contributed by atoms with Crippen molar-refractivity contribution in [1.82, 2.24) is 0 Å². The van der Waals surface area contributed by atoms with Gasteiger partial charge < -0.3 is 5.11 Å². The molecule has 0 amide bonds. The molecular weight excluding hydrogens is 216 g/mol. The molecular formula is C11H13ClOS. The average Bonchev–Trinajstić information content (AvgIpc) is 2.14. The Labute approximate surface area is 93.5 Å². The summed E-state index contributed by atoms with van der Waals surface area (Å²) >= 11 is 7.60. The molecule has 76 valence electrons. The van der Waals surface area contributed by atoms with E-state index in [2.05, 4.69) is 0 Å². The maximum atomic E-state index is 10.2. The van der Waals surface area contributed by atoms with Crippen LogP contribution in [-0.2, 0) is 5.60 Å². The van der Waals surface area contributed by atoms with Crippen LogP contribution in [0.5, 0.6) is 0 Å². The second kappa shape index (κ2) is 3.76. The standard InChI is InChI=1S/C11H13ClOS/c1-14-10-4-3-8(12)7-9(10)11(13)5-2-6-11/h3-4,7,13H,2,5-6H2,1H3. The molecule has 1 aromatic carbocycles. The molecule has 0 spiro atoms. The lowest BCUT2D eigenvalue weighted by molar-refractivity contribution is -0.0410. The van der Waals surface area contributed by atoms with Crippen LogP contribution in [0.15, 0.2) is 23.1 Å². The third kappa shape index (κ3) is 1.67. The Balaban J connectivity index is 2.43. The molecule has 0 unspecified atom stereocenters. The lowest BCUT2D eigenvalue weighted by atomic mass is 9.75. The molecule has 0 saturated heterocycles. The Morgan fingerprint density at radius 2 is 2.14 bits per heavy atom. The van der Waals surface area contributed by atoms with E-state index < -0.39 is 5.60 Å². The number of aliphatic hydroxyl groups is 1. The molecule has 3 heteroatoms. The molecule has 14 heavy (non-hydrogen) atoms. The van der Waals surface area contributed by atoms with Gasteiger partial charge in [-0.15, -0.1) is 11.8 Å². The Morgan fingerprint density at radius 3 is 2.64 bits per heavy atom. The number of halogens is 1. The molecule has 1 N–H and O–H groups in total. The van der Waals surface area contributed by atoms with Crippen molar-refractivity contribution >= 4 is 23.4 Å². The topological polar surface area (TPSA) is 20.2 Å². The number of hydrogen-bond donors (Lipinski definition) is 1. The van der Waals surface area contributed by atoms with Crippen molar-refractivity contribution in [3.8, 4) is 0 Å². The van der Waals surface area contributed by atoms with E-state index in [9.17, 15) is 5.11 Å². The van der Waals surface area contributed by atoms with Crippen LogP contribution in [0, 0.1) is 0 Å². The van der Waals surface area contributed by atoms with Gasteiger partial charge in [-0.2, -0.15) is 0 Å². The Kier molecular flexibility index (Phi) is 2.78. The summed E-state index contributed by atoms with van der Waals surface area (Å²) in [4.78, 5) is 1.14. The molecule has 1 aliphatic carbocycles. The second-order valence-electron chi connectivity index (χ2n) is 3.73. The SMILES string of the molecule is CSc1ccc(Cl)cc1C1(O)CCC1. The first-order chi connectivity index (χ1) is 6.65. The molecule has 1 nitrogen and oxygen atoms in total. The summed E-state index contributed by atoms with van der Waals surface area (Å²) in [6.45, 7) is 0. The smallest absolute Gasteiger partial charge is 0.0907 e. The maximum absolute atomic E-state index is 10.2. The van der Waals surface area contributed by atoms with Crippen LogP contribution in [0.25, 0.3) is 0 Å². The fourth-order valence-electron chi connectivity index (χ4n) is 1.82. The summed E-state index contributed by atoms with van der Waals surface area (Å²) in [7, 11) is 0. The summed E-state index contributed by atoms with van der Waals surface area (Å²) in [6, 6.07) is 5.75. The van der Waals surface area contributed by atoms with Gasteiger partial charge >= 0.3 is 0 Å². The zero-order valence-electron chi connectivity index (χ0n) is 8.09.